The number of nitrogens with one attached hydrogen (secondary N) is 2. The highest BCUT2D eigenvalue weighted by Gasteiger charge is 2.16. The van der Waals surface area contributed by atoms with Crippen LogP contribution < -0.4 is 10.6 Å². The van der Waals surface area contributed by atoms with Crippen LogP contribution in [0.5, 0.6) is 0 Å². The second kappa shape index (κ2) is 9.72. The van der Waals surface area contributed by atoms with Crippen molar-refractivity contribution in [2.75, 3.05) is 46.9 Å². The molecule has 0 radical (unpaired) electrons. The summed E-state index contributed by atoms with van der Waals surface area (Å²) in [6.45, 7) is 2.91. The van der Waals surface area contributed by atoms with Gasteiger partial charge >= 0.3 is 0 Å². The molecule has 130 valence electrons. The number of amides is 1. The van der Waals surface area contributed by atoms with E-state index in [-0.39, 0.29) is 12.5 Å². The number of carbonyl (C=O) groups is 1. The summed E-state index contributed by atoms with van der Waals surface area (Å²) in [4.78, 5) is 18.2. The Kier molecular flexibility index (Phi) is 7.29. The zero-order chi connectivity index (χ0) is 17.2. The fourth-order valence-corrected chi connectivity index (χ4v) is 2.62. The lowest BCUT2D eigenvalue weighted by atomic mass is 10.00. The number of aliphatic imine (C=N–C) groups is 1. The zero-order valence-electron chi connectivity index (χ0n) is 14.4. The van der Waals surface area contributed by atoms with E-state index < -0.39 is 0 Å². The molecule has 1 aliphatic heterocycles. The molecule has 6 nitrogen and oxygen atoms in total. The Hall–Kier alpha value is -2.34. The second-order valence-electron chi connectivity index (χ2n) is 5.53. The molecule has 0 spiro atoms. The van der Waals surface area contributed by atoms with Crippen LogP contribution >= 0.6 is 0 Å². The summed E-state index contributed by atoms with van der Waals surface area (Å²) in [6.07, 6.45) is 3.19. The molecule has 0 aliphatic carbocycles. The molecule has 2 N–H and O–H groups in total. The first-order chi connectivity index (χ1) is 11.7. The molecule has 0 atom stereocenters. The lowest BCUT2D eigenvalue weighted by molar-refractivity contribution is -0.120. The van der Waals surface area contributed by atoms with Crippen LogP contribution in [0, 0.1) is 0 Å². The van der Waals surface area contributed by atoms with Crippen molar-refractivity contribution in [1.29, 1.82) is 0 Å². The molecule has 1 amide bonds. The summed E-state index contributed by atoms with van der Waals surface area (Å²) in [7, 11) is 3.35. The van der Waals surface area contributed by atoms with Gasteiger partial charge in [0, 0.05) is 33.8 Å². The molecule has 1 heterocycles. The summed E-state index contributed by atoms with van der Waals surface area (Å²) < 4.78 is 4.91. The van der Waals surface area contributed by atoms with Gasteiger partial charge < -0.3 is 20.3 Å². The van der Waals surface area contributed by atoms with Crippen molar-refractivity contribution in [3.63, 3.8) is 0 Å². The maximum atomic E-state index is 11.7. The number of guanidine groups is 1. The van der Waals surface area contributed by atoms with Crippen LogP contribution in [0.25, 0.3) is 5.57 Å². The minimum atomic E-state index is -0.0641. The van der Waals surface area contributed by atoms with Gasteiger partial charge in [-0.2, -0.15) is 0 Å². The van der Waals surface area contributed by atoms with Crippen molar-refractivity contribution in [1.82, 2.24) is 15.5 Å². The van der Waals surface area contributed by atoms with Gasteiger partial charge in [-0.25, -0.2) is 0 Å². The Labute approximate surface area is 143 Å². The maximum absolute atomic E-state index is 11.7. The third-order valence-corrected chi connectivity index (χ3v) is 3.90. The molecule has 6 heteroatoms. The fourth-order valence-electron chi connectivity index (χ4n) is 2.62. The molecule has 1 aromatic carbocycles. The first kappa shape index (κ1) is 18.0. The standard InChI is InChI=1S/C18H26N4O2/c1-19-18(21-14-17(23)20-10-13-24-2)22-11-8-16(9-12-22)15-6-4-3-5-7-15/h3-8H,9-14H2,1-2H3,(H,19,21)(H,20,23). The van der Waals surface area contributed by atoms with Crippen molar-refractivity contribution < 1.29 is 9.53 Å². The van der Waals surface area contributed by atoms with E-state index in [9.17, 15) is 4.79 Å². The van der Waals surface area contributed by atoms with Gasteiger partial charge in [-0.05, 0) is 17.6 Å². The molecule has 1 aliphatic rings. The maximum Gasteiger partial charge on any atom is 0.239 e. The second-order valence-corrected chi connectivity index (χ2v) is 5.53. The highest BCUT2D eigenvalue weighted by Crippen LogP contribution is 2.21. The van der Waals surface area contributed by atoms with Gasteiger partial charge in [-0.3, -0.25) is 9.79 Å². The number of hydrogen-bond acceptors (Lipinski definition) is 3. The minimum absolute atomic E-state index is 0.0641. The van der Waals surface area contributed by atoms with Gasteiger partial charge in [0.2, 0.25) is 5.91 Å². The Morgan fingerprint density at radius 3 is 2.71 bits per heavy atom. The first-order valence-electron chi connectivity index (χ1n) is 8.20. The van der Waals surface area contributed by atoms with Crippen molar-refractivity contribution in [3.05, 3.63) is 42.0 Å². The van der Waals surface area contributed by atoms with Crippen LogP contribution in [0.2, 0.25) is 0 Å². The number of nitrogens with zero attached hydrogens (tertiary/aromatic N) is 2. The Morgan fingerprint density at radius 1 is 1.29 bits per heavy atom. The van der Waals surface area contributed by atoms with Gasteiger partial charge in [0.25, 0.3) is 0 Å². The minimum Gasteiger partial charge on any atom is -0.383 e. The summed E-state index contributed by atoms with van der Waals surface area (Å²) in [5.74, 6) is 0.686. The smallest absolute Gasteiger partial charge is 0.239 e. The predicted molar refractivity (Wildman–Crippen MR) is 96.9 cm³/mol. The van der Waals surface area contributed by atoms with Crippen molar-refractivity contribution in [3.8, 4) is 0 Å². The van der Waals surface area contributed by atoms with Crippen molar-refractivity contribution in [2.45, 2.75) is 6.42 Å². The number of methoxy groups -OCH3 is 1. The van der Waals surface area contributed by atoms with Crippen LogP contribution in [0.15, 0.2) is 41.4 Å². The van der Waals surface area contributed by atoms with E-state index in [0.717, 1.165) is 25.5 Å². The first-order valence-corrected chi connectivity index (χ1v) is 8.20. The average molecular weight is 330 g/mol. The van der Waals surface area contributed by atoms with Gasteiger partial charge in [0.05, 0.1) is 13.2 Å². The van der Waals surface area contributed by atoms with Gasteiger partial charge in [0.1, 0.15) is 0 Å². The SMILES string of the molecule is CN=C(NCC(=O)NCCOC)N1CC=C(c2ccccc2)CC1. The van der Waals surface area contributed by atoms with E-state index >= 15 is 0 Å². The highest BCUT2D eigenvalue weighted by molar-refractivity contribution is 5.87. The zero-order valence-corrected chi connectivity index (χ0v) is 14.4. The lowest BCUT2D eigenvalue weighted by Gasteiger charge is -2.29. The summed E-state index contributed by atoms with van der Waals surface area (Å²) in [5.41, 5.74) is 2.64. The third-order valence-electron chi connectivity index (χ3n) is 3.90. The Balaban J connectivity index is 1.83. The van der Waals surface area contributed by atoms with Gasteiger partial charge in [0.15, 0.2) is 5.96 Å². The summed E-state index contributed by atoms with van der Waals surface area (Å²) in [5, 5.41) is 5.90. The van der Waals surface area contributed by atoms with E-state index in [2.05, 4.69) is 50.9 Å². The molecular weight excluding hydrogens is 304 g/mol. The van der Waals surface area contributed by atoms with E-state index in [1.807, 2.05) is 6.07 Å². The largest absolute Gasteiger partial charge is 0.383 e. The number of carbonyl (C=O) groups excluding carboxylic acids is 1. The topological polar surface area (TPSA) is 66.0 Å². The fraction of sp³-hybridized carbons (Fsp3) is 0.444. The summed E-state index contributed by atoms with van der Waals surface area (Å²) >= 11 is 0. The van der Waals surface area contributed by atoms with Crippen LogP contribution in [0.1, 0.15) is 12.0 Å². The van der Waals surface area contributed by atoms with Crippen LogP contribution in [-0.2, 0) is 9.53 Å². The molecule has 24 heavy (non-hydrogen) atoms. The lowest BCUT2D eigenvalue weighted by Crippen LogP contribution is -2.47. The quantitative estimate of drug-likeness (QED) is 0.466. The molecule has 2 rings (SSSR count). The van der Waals surface area contributed by atoms with Crippen LogP contribution in [0.4, 0.5) is 0 Å². The molecule has 0 saturated heterocycles. The van der Waals surface area contributed by atoms with Crippen molar-refractivity contribution in [2.24, 2.45) is 4.99 Å². The number of benzene rings is 1. The predicted octanol–water partition coefficient (Wildman–Crippen LogP) is 1.11. The number of hydrogen-bond donors (Lipinski definition) is 2. The van der Waals surface area contributed by atoms with E-state index in [1.165, 1.54) is 11.1 Å². The number of rotatable bonds is 6. The van der Waals surface area contributed by atoms with E-state index in [0.29, 0.717) is 13.2 Å². The van der Waals surface area contributed by atoms with Crippen LogP contribution in [-0.4, -0.2) is 63.7 Å². The molecule has 0 saturated carbocycles. The average Bonchev–Trinajstić information content (AvgIpc) is 2.64. The summed E-state index contributed by atoms with van der Waals surface area (Å²) in [6, 6.07) is 10.4. The van der Waals surface area contributed by atoms with Crippen molar-refractivity contribution >= 4 is 17.4 Å². The van der Waals surface area contributed by atoms with Crippen LogP contribution in [0.3, 0.4) is 0 Å². The molecule has 0 unspecified atom stereocenters. The molecule has 0 bridgehead atoms. The highest BCUT2D eigenvalue weighted by atomic mass is 16.5. The molecule has 0 aromatic heterocycles. The normalized spacial score (nSPS) is 15.0. The van der Waals surface area contributed by atoms with E-state index in [1.54, 1.807) is 14.2 Å². The van der Waals surface area contributed by atoms with E-state index in [4.69, 9.17) is 4.74 Å². The molecular formula is C18H26N4O2. The van der Waals surface area contributed by atoms with Gasteiger partial charge in [-0.15, -0.1) is 0 Å². The monoisotopic (exact) mass is 330 g/mol. The third kappa shape index (κ3) is 5.38. The Morgan fingerprint density at radius 2 is 2.08 bits per heavy atom. The molecule has 1 aromatic rings. The number of ether oxygens (including phenoxy) is 1. The Bertz CT molecular complexity index is 584. The van der Waals surface area contributed by atoms with Gasteiger partial charge in [-0.1, -0.05) is 36.4 Å². The molecule has 0 fully saturated rings.